The zero-order valence-electron chi connectivity index (χ0n) is 47.8. The van der Waals surface area contributed by atoms with Gasteiger partial charge >= 0.3 is 23.8 Å². The highest BCUT2D eigenvalue weighted by atomic mass is 32.1. The van der Waals surface area contributed by atoms with E-state index in [1.54, 1.807) is 29.8 Å². The molecular formula is C56H68N16O8S3. The summed E-state index contributed by atoms with van der Waals surface area (Å²) in [7, 11) is 0. The van der Waals surface area contributed by atoms with Crippen LogP contribution < -0.4 is 10.6 Å². The van der Waals surface area contributed by atoms with Crippen LogP contribution in [0.15, 0.2) is 88.4 Å². The van der Waals surface area contributed by atoms with E-state index in [0.717, 1.165) is 81.4 Å². The normalized spacial score (nSPS) is 15.2. The average molecular weight is 1190 g/mol. The van der Waals surface area contributed by atoms with Gasteiger partial charge in [0.25, 0.3) is 11.8 Å². The molecule has 2 amide bonds. The van der Waals surface area contributed by atoms with E-state index in [-0.39, 0.29) is 51.3 Å². The number of anilines is 2. The molecule has 10 heterocycles. The number of aromatic amines is 1. The number of piperidine rings is 2. The standard InChI is InChI=1S/C31H34N8O3.C25H30N8O3.O2S.2H2S/c1-19-16-32-29(34-21-10-9-15-38(17-21)30(40)41-31(3,4)5)36-26(19)24-18-39(22-11-7-6-8-12-22)27-23(24)13-14-25(35-27)28-33-20(2)37-42-28;1-14-11-27-23(29-16-7-6-10-33(13-16)24(34)35-25(3,4)5)31-20(14)18-12-26-21-17(18)8-9-19(30-21)22-28-15(2)32-36-22;1-3-2;;/h6-8,11-14,16,18,21H,9-10,15,17H2,1-5H3,(H,32,34,36);8-9,11-12,16H,6-7,10,13H2,1-5H3,(H,26,30)(H,27,29,31);;2*1H2/t21-;16-;;;/m00.../s1. The van der Waals surface area contributed by atoms with Crippen molar-refractivity contribution in [1.29, 1.82) is 0 Å². The van der Waals surface area contributed by atoms with Gasteiger partial charge in [-0.25, -0.2) is 39.5 Å². The highest BCUT2D eigenvalue weighted by Crippen LogP contribution is 2.35. The fourth-order valence-corrected chi connectivity index (χ4v) is 9.43. The number of hydrogen-bond donors (Lipinski definition) is 3. The van der Waals surface area contributed by atoms with Crippen molar-refractivity contribution in [3.05, 3.63) is 102 Å². The monoisotopic (exact) mass is 1190 g/mol. The van der Waals surface area contributed by atoms with E-state index >= 15 is 0 Å². The Balaban J connectivity index is 0.000000225. The highest BCUT2D eigenvalue weighted by Gasteiger charge is 2.30. The van der Waals surface area contributed by atoms with Crippen LogP contribution in [0.5, 0.6) is 0 Å². The van der Waals surface area contributed by atoms with Crippen LogP contribution in [0, 0.1) is 27.7 Å². The summed E-state index contributed by atoms with van der Waals surface area (Å²) in [6.45, 7) is 21.2. The summed E-state index contributed by atoms with van der Waals surface area (Å²) >= 11 is -0.750. The number of carbonyl (C=O) groups is 2. The van der Waals surface area contributed by atoms with Crippen LogP contribution in [0.4, 0.5) is 21.5 Å². The molecule has 11 rings (SSSR count). The molecule has 0 aliphatic carbocycles. The van der Waals surface area contributed by atoms with Gasteiger partial charge in [0.1, 0.15) is 33.9 Å². The number of likely N-dealkylation sites (tertiary alicyclic amines) is 2. The number of nitrogens with one attached hydrogen (secondary N) is 3. The number of amides is 2. The molecule has 83 heavy (non-hydrogen) atoms. The van der Waals surface area contributed by atoms with Gasteiger partial charge in [-0.05, 0) is 142 Å². The minimum absolute atomic E-state index is 0. The third kappa shape index (κ3) is 15.4. The molecule has 24 nitrogen and oxygen atoms in total. The summed E-state index contributed by atoms with van der Waals surface area (Å²) in [6, 6.07) is 17.8. The topological polar surface area (TPSA) is 293 Å². The van der Waals surface area contributed by atoms with Crippen molar-refractivity contribution in [3.8, 4) is 51.4 Å². The Morgan fingerprint density at radius 3 is 1.60 bits per heavy atom. The number of para-hydroxylation sites is 1. The summed E-state index contributed by atoms with van der Waals surface area (Å²) in [5, 5.41) is 16.5. The van der Waals surface area contributed by atoms with E-state index in [0.29, 0.717) is 78.5 Å². The third-order valence-electron chi connectivity index (χ3n) is 13.0. The van der Waals surface area contributed by atoms with Gasteiger partial charge in [-0.3, -0.25) is 0 Å². The highest BCUT2D eigenvalue weighted by molar-refractivity contribution is 7.59. The average Bonchev–Trinajstić information content (AvgIpc) is 2.65. The number of ether oxygens (including phenoxy) is 2. The van der Waals surface area contributed by atoms with Crippen LogP contribution in [0.25, 0.3) is 73.4 Å². The summed E-state index contributed by atoms with van der Waals surface area (Å²) in [6.07, 6.45) is 10.6. The van der Waals surface area contributed by atoms with Crippen LogP contribution in [-0.2, 0) is 21.0 Å². The predicted octanol–water partition coefficient (Wildman–Crippen LogP) is 10.0. The molecule has 27 heteroatoms. The molecule has 9 aromatic rings. The number of hydrogen-bond acceptors (Lipinski definition) is 20. The van der Waals surface area contributed by atoms with E-state index in [4.69, 9.17) is 41.9 Å². The molecule has 0 unspecified atom stereocenters. The number of rotatable bonds is 9. The lowest BCUT2D eigenvalue weighted by Crippen LogP contribution is -2.47. The van der Waals surface area contributed by atoms with Crippen molar-refractivity contribution >= 4 is 84.7 Å². The molecule has 0 saturated carbocycles. The molecule has 2 atom stereocenters. The van der Waals surface area contributed by atoms with E-state index in [2.05, 4.69) is 57.0 Å². The first-order valence-electron chi connectivity index (χ1n) is 26.5. The Morgan fingerprint density at radius 1 is 0.639 bits per heavy atom. The fourth-order valence-electron chi connectivity index (χ4n) is 9.43. The molecule has 0 radical (unpaired) electrons. The van der Waals surface area contributed by atoms with Crippen LogP contribution in [0.1, 0.15) is 90.0 Å². The second-order valence-electron chi connectivity index (χ2n) is 21.7. The molecule has 438 valence electrons. The fraction of sp³-hybridized carbons (Fsp3) is 0.393. The van der Waals surface area contributed by atoms with Crippen LogP contribution in [0.3, 0.4) is 0 Å². The van der Waals surface area contributed by atoms with E-state index in [9.17, 15) is 9.59 Å². The molecule has 2 saturated heterocycles. The Bertz CT molecular complexity index is 3740. The minimum atomic E-state index is -0.750. The lowest BCUT2D eigenvalue weighted by molar-refractivity contribution is 0.0196. The van der Waals surface area contributed by atoms with E-state index in [1.165, 1.54) is 0 Å². The minimum Gasteiger partial charge on any atom is -0.444 e. The molecule has 1 aromatic carbocycles. The SMILES string of the molecule is Cc1noc(-c2ccc3c(-c4nc(N[C@H]5CCCN(C(=O)OC(C)(C)C)C5)ncc4C)c[nH]c3n2)n1.Cc1noc(-c2ccc3c(-c4nc(N[C@H]5CCCN(C(=O)OC(C)(C)C)C5)ncc4C)cn(-c4ccccc4)c3n2)n1.O=S=O.S.S. The third-order valence-corrected chi connectivity index (χ3v) is 13.0. The van der Waals surface area contributed by atoms with Gasteiger partial charge in [-0.15, -0.1) is 0 Å². The van der Waals surface area contributed by atoms with E-state index < -0.39 is 22.8 Å². The Hall–Kier alpha value is -8.30. The lowest BCUT2D eigenvalue weighted by Gasteiger charge is -2.34. The van der Waals surface area contributed by atoms with Crippen molar-refractivity contribution in [2.24, 2.45) is 0 Å². The first-order valence-corrected chi connectivity index (χ1v) is 27.1. The van der Waals surface area contributed by atoms with Gasteiger partial charge in [-0.1, -0.05) is 28.5 Å². The van der Waals surface area contributed by atoms with Gasteiger partial charge < -0.3 is 48.5 Å². The van der Waals surface area contributed by atoms with Crippen molar-refractivity contribution in [1.82, 2.24) is 69.5 Å². The van der Waals surface area contributed by atoms with Gasteiger partial charge in [0, 0.05) is 90.6 Å². The van der Waals surface area contributed by atoms with Crippen molar-refractivity contribution in [2.45, 2.75) is 118 Å². The van der Waals surface area contributed by atoms with Gasteiger partial charge in [0.2, 0.25) is 11.9 Å². The second kappa shape index (κ2) is 26.7. The molecule has 3 N–H and O–H groups in total. The second-order valence-corrected chi connectivity index (χ2v) is 21.9. The maximum Gasteiger partial charge on any atom is 0.410 e. The number of benzene rings is 1. The van der Waals surface area contributed by atoms with Crippen LogP contribution in [-0.4, -0.2) is 140 Å². The number of H-pyrrole nitrogens is 1. The number of carbonyl (C=O) groups excluding carboxylic acids is 2. The van der Waals surface area contributed by atoms with Crippen LogP contribution in [0.2, 0.25) is 0 Å². The van der Waals surface area contributed by atoms with Gasteiger partial charge in [0.05, 0.1) is 11.4 Å². The molecule has 0 spiro atoms. The smallest absolute Gasteiger partial charge is 0.410 e. The maximum absolute atomic E-state index is 12.7. The predicted molar refractivity (Wildman–Crippen MR) is 323 cm³/mol. The zero-order chi connectivity index (χ0) is 57.6. The number of pyridine rings is 2. The largest absolute Gasteiger partial charge is 0.444 e. The number of aromatic nitrogens is 12. The zero-order valence-corrected chi connectivity index (χ0v) is 50.6. The van der Waals surface area contributed by atoms with Crippen molar-refractivity contribution in [3.63, 3.8) is 0 Å². The summed E-state index contributed by atoms with van der Waals surface area (Å²) < 4.78 is 40.4. The number of nitrogens with zero attached hydrogens (tertiary/aromatic N) is 13. The van der Waals surface area contributed by atoms with Crippen LogP contribution >= 0.6 is 27.0 Å². The quantitative estimate of drug-likeness (QED) is 0.121. The number of fused-ring (bicyclic) bond motifs is 2. The molecular weight excluding hydrogens is 1120 g/mol. The first kappa shape index (κ1) is 62.3. The molecule has 2 aliphatic rings. The van der Waals surface area contributed by atoms with Gasteiger partial charge in [-0.2, -0.15) is 45.4 Å². The number of aryl methyl sites for hydroxylation is 4. The first-order chi connectivity index (χ1) is 38.7. The molecule has 2 fully saturated rings. The van der Waals surface area contributed by atoms with Crippen molar-refractivity contribution in [2.75, 3.05) is 36.8 Å². The Labute approximate surface area is 496 Å². The van der Waals surface area contributed by atoms with Gasteiger partial charge in [0.15, 0.2) is 11.6 Å². The summed E-state index contributed by atoms with van der Waals surface area (Å²) in [4.78, 5) is 69.0. The summed E-state index contributed by atoms with van der Waals surface area (Å²) in [5.74, 6) is 2.89. The Kier molecular flexibility index (Phi) is 20.1. The molecule has 0 bridgehead atoms. The lowest BCUT2D eigenvalue weighted by atomic mass is 10.1. The Morgan fingerprint density at radius 2 is 1.12 bits per heavy atom. The molecule has 2 aliphatic heterocycles. The van der Waals surface area contributed by atoms with Crippen molar-refractivity contribution < 1.29 is 36.5 Å². The molecule has 8 aromatic heterocycles. The maximum atomic E-state index is 12.7. The van der Waals surface area contributed by atoms with E-state index in [1.807, 2.05) is 127 Å². The summed E-state index contributed by atoms with van der Waals surface area (Å²) in [5.41, 5.74) is 7.89.